The van der Waals surface area contributed by atoms with Gasteiger partial charge in [0.2, 0.25) is 11.1 Å². The van der Waals surface area contributed by atoms with Gasteiger partial charge in [-0.25, -0.2) is 9.48 Å². The number of hydrogen-bond acceptors (Lipinski definition) is 14. The van der Waals surface area contributed by atoms with Gasteiger partial charge in [-0.2, -0.15) is 0 Å². The van der Waals surface area contributed by atoms with E-state index in [0.29, 0.717) is 15.6 Å². The van der Waals surface area contributed by atoms with Crippen molar-refractivity contribution in [3.8, 4) is 0 Å². The van der Waals surface area contributed by atoms with E-state index in [1.165, 1.54) is 16.5 Å². The second-order valence-electron chi connectivity index (χ2n) is 9.39. The molecule has 44 heavy (non-hydrogen) atoms. The number of aliphatic hydroxyl groups is 1. The Morgan fingerprint density at radius 1 is 1.25 bits per heavy atom. The fourth-order valence-corrected chi connectivity index (χ4v) is 7.01. The third-order valence-corrected chi connectivity index (χ3v) is 9.34. The number of rotatable bonds is 10. The van der Waals surface area contributed by atoms with E-state index in [-0.39, 0.29) is 71.9 Å². The number of ether oxygens (including phenoxy) is 1. The molecular weight excluding hydrogens is 637 g/mol. The van der Waals surface area contributed by atoms with E-state index < -0.39 is 58.9 Å². The summed E-state index contributed by atoms with van der Waals surface area (Å²) in [4.78, 5) is 79.0. The maximum absolute atomic E-state index is 13.4. The Bertz CT molecular complexity index is 1360. The van der Waals surface area contributed by atoms with Gasteiger partial charge in [0.05, 0.1) is 17.8 Å². The number of aryl methyl sites for hydroxylation is 1. The van der Waals surface area contributed by atoms with Crippen molar-refractivity contribution in [3.05, 3.63) is 11.3 Å². The number of carboxylic acids is 1. The molecule has 19 nitrogen and oxygen atoms in total. The number of aromatic nitrogens is 4. The van der Waals surface area contributed by atoms with Gasteiger partial charge in [0.15, 0.2) is 0 Å². The predicted octanol–water partition coefficient (Wildman–Crippen LogP) is -7.99. The Labute approximate surface area is 281 Å². The molecule has 0 aliphatic carbocycles. The van der Waals surface area contributed by atoms with Crippen LogP contribution in [0.1, 0.15) is 13.8 Å². The topological polar surface area (TPSA) is 264 Å². The Hall–Kier alpha value is -2.79. The van der Waals surface area contributed by atoms with Crippen LogP contribution in [0.4, 0.5) is 4.79 Å². The first-order valence-corrected chi connectivity index (χ1v) is 14.6. The molecule has 4 rings (SSSR count). The summed E-state index contributed by atoms with van der Waals surface area (Å²) < 4.78 is 6.81. The Morgan fingerprint density at radius 2 is 1.93 bits per heavy atom. The average Bonchev–Trinajstić information content (AvgIpc) is 3.37. The third-order valence-electron chi connectivity index (χ3n) is 6.87. The predicted molar refractivity (Wildman–Crippen MR) is 144 cm³/mol. The second-order valence-corrected chi connectivity index (χ2v) is 11.4. The number of aliphatic hydroxyl groups excluding tert-OH is 1. The van der Waals surface area contributed by atoms with Crippen LogP contribution in [-0.2, 0) is 35.8 Å². The van der Waals surface area contributed by atoms with Crippen molar-refractivity contribution in [2.24, 2.45) is 7.05 Å². The number of aliphatic carboxylic acids is 1. The summed E-state index contributed by atoms with van der Waals surface area (Å²) in [7, 11) is 2.75. The van der Waals surface area contributed by atoms with Crippen molar-refractivity contribution in [1.29, 1.82) is 0 Å². The number of carboxylic acid groups (broad SMARTS) is 1. The molecule has 5 N–H and O–H groups in total. The zero-order chi connectivity index (χ0) is 30.9. The standard InChI is InChI=1S/C22H29N9O9S2.Na.H2O/c1-5-29-6-7-30(16(35)15(29)34)20(39)23-12(10(2)32)14(33)24-22(40-4)18(38)31-13(17(36)37)11(8-41-19(22)31)9-42-21-25-26-27-28(21)3;;/h10,12,19,32H,5-9H2,1-4H3,(H,23,39)(H,24,33)(H,36,37);;1H2/q;+1;/p-1/t10-,12+,19-,22-;;/m0../s1. The molecule has 4 heterocycles. The van der Waals surface area contributed by atoms with E-state index in [0.717, 1.165) is 35.5 Å². The number of carbonyl (C=O) groups excluding carboxylic acids is 6. The van der Waals surface area contributed by atoms with Crippen molar-refractivity contribution in [2.75, 3.05) is 38.2 Å². The molecular formula is C22H30N9NaO10S2. The molecule has 0 aromatic carbocycles. The van der Waals surface area contributed by atoms with Gasteiger partial charge < -0.3 is 40.8 Å². The number of urea groups is 1. The van der Waals surface area contributed by atoms with Crippen LogP contribution < -0.4 is 45.3 Å². The molecule has 4 atom stereocenters. The Morgan fingerprint density at radius 3 is 2.48 bits per heavy atom. The molecule has 0 unspecified atom stereocenters. The quantitative estimate of drug-likeness (QED) is 0.0688. The van der Waals surface area contributed by atoms with E-state index in [1.54, 1.807) is 14.0 Å². The maximum atomic E-state index is 13.4. The minimum atomic E-state index is -2.04. The summed E-state index contributed by atoms with van der Waals surface area (Å²) in [6.45, 7) is 3.12. The second kappa shape index (κ2) is 15.0. The number of likely N-dealkylation sites (N-methyl/N-ethyl adjacent to an activating group) is 1. The number of hydrogen-bond donors (Lipinski definition) is 3. The third kappa shape index (κ3) is 6.73. The number of methoxy groups -OCH3 is 1. The number of β-lactam (4-membered cyclic amide) rings is 1. The monoisotopic (exact) mass is 667 g/mol. The largest absolute Gasteiger partial charge is 1.00 e. The van der Waals surface area contributed by atoms with Gasteiger partial charge in [0.1, 0.15) is 11.4 Å². The number of thioether (sulfide) groups is 2. The summed E-state index contributed by atoms with van der Waals surface area (Å²) in [6, 6.07) is -2.76. The number of carbonyl (C=O) groups is 6. The first-order chi connectivity index (χ1) is 19.9. The van der Waals surface area contributed by atoms with Crippen molar-refractivity contribution < 1.29 is 78.8 Å². The normalized spacial score (nSPS) is 22.7. The molecule has 1 aromatic heterocycles. The molecule has 22 heteroatoms. The minimum absolute atomic E-state index is 0. The van der Waals surface area contributed by atoms with Crippen molar-refractivity contribution in [3.63, 3.8) is 0 Å². The molecule has 236 valence electrons. The van der Waals surface area contributed by atoms with Crippen molar-refractivity contribution >= 4 is 59.2 Å². The Kier molecular flexibility index (Phi) is 12.7. The number of nitrogens with zero attached hydrogens (tertiary/aromatic N) is 7. The smallest absolute Gasteiger partial charge is 0.543 e. The number of amides is 6. The number of imide groups is 1. The van der Waals surface area contributed by atoms with Crippen LogP contribution in [0.5, 0.6) is 0 Å². The van der Waals surface area contributed by atoms with Gasteiger partial charge in [-0.15, -0.1) is 16.9 Å². The number of tetrazole rings is 1. The number of fused-ring (bicyclic) bond motifs is 1. The zero-order valence-electron chi connectivity index (χ0n) is 24.4. The first-order valence-electron chi connectivity index (χ1n) is 12.6. The SMILES string of the molecule is CCN1CCN(C(=O)N[C@@H](C(=O)N[C@]2(OC)C(=O)N3C(C(=O)[O-])=C(CSc4nnnn4C)CS[C@H]32)[C@H](C)O)C(=O)C1=O.O.[Na+]. The van der Waals surface area contributed by atoms with E-state index in [9.17, 15) is 39.0 Å². The van der Waals surface area contributed by atoms with E-state index in [1.807, 2.05) is 0 Å². The van der Waals surface area contributed by atoms with Gasteiger partial charge in [0.25, 0.3) is 11.6 Å². The summed E-state index contributed by atoms with van der Waals surface area (Å²) in [5.74, 6) is -5.27. The molecule has 2 fully saturated rings. The average molecular weight is 668 g/mol. The minimum Gasteiger partial charge on any atom is -0.543 e. The van der Waals surface area contributed by atoms with Crippen LogP contribution in [0.3, 0.4) is 0 Å². The molecule has 0 saturated carbocycles. The molecule has 0 bridgehead atoms. The van der Waals surface area contributed by atoms with Gasteiger partial charge in [-0.1, -0.05) is 11.8 Å². The van der Waals surface area contributed by atoms with Crippen LogP contribution in [0.2, 0.25) is 0 Å². The van der Waals surface area contributed by atoms with E-state index >= 15 is 0 Å². The molecule has 0 radical (unpaired) electrons. The fraction of sp³-hybridized carbons (Fsp3) is 0.591. The summed E-state index contributed by atoms with van der Waals surface area (Å²) in [6.07, 6.45) is -1.51. The summed E-state index contributed by atoms with van der Waals surface area (Å²) in [5, 5.41) is 37.5. The van der Waals surface area contributed by atoms with Crippen LogP contribution in [0.15, 0.2) is 16.4 Å². The van der Waals surface area contributed by atoms with Gasteiger partial charge in [0, 0.05) is 45.3 Å². The number of piperazine rings is 1. The summed E-state index contributed by atoms with van der Waals surface area (Å²) in [5.41, 5.74) is -2.04. The molecule has 3 aliphatic rings. The van der Waals surface area contributed by atoms with Crippen LogP contribution >= 0.6 is 23.5 Å². The van der Waals surface area contributed by atoms with Crippen LogP contribution in [0, 0.1) is 0 Å². The van der Waals surface area contributed by atoms with Crippen LogP contribution in [-0.4, -0.2) is 143 Å². The zero-order valence-corrected chi connectivity index (χ0v) is 28.1. The van der Waals surface area contributed by atoms with Gasteiger partial charge in [-0.05, 0) is 29.8 Å². The van der Waals surface area contributed by atoms with E-state index in [4.69, 9.17) is 4.74 Å². The fourth-order valence-electron chi connectivity index (χ4n) is 4.58. The first kappa shape index (κ1) is 37.4. The van der Waals surface area contributed by atoms with Gasteiger partial charge >= 0.3 is 47.4 Å². The van der Waals surface area contributed by atoms with E-state index in [2.05, 4.69) is 26.2 Å². The summed E-state index contributed by atoms with van der Waals surface area (Å²) >= 11 is 2.28. The molecule has 0 spiro atoms. The maximum Gasteiger partial charge on any atom is 1.00 e. The molecule has 3 aliphatic heterocycles. The molecule has 1 aromatic rings. The van der Waals surface area contributed by atoms with Gasteiger partial charge in [-0.3, -0.25) is 29.0 Å². The van der Waals surface area contributed by atoms with Crippen LogP contribution in [0.25, 0.3) is 0 Å². The molecule has 6 amide bonds. The molecule has 2 saturated heterocycles. The number of nitrogens with one attached hydrogen (secondary N) is 2. The Balaban J connectivity index is 0.00000337. The van der Waals surface area contributed by atoms with Crippen molar-refractivity contribution in [1.82, 2.24) is 45.5 Å². The van der Waals surface area contributed by atoms with Crippen molar-refractivity contribution in [2.45, 2.75) is 42.2 Å².